The van der Waals surface area contributed by atoms with Crippen LogP contribution in [0.1, 0.15) is 32.6 Å². The van der Waals surface area contributed by atoms with E-state index in [4.69, 9.17) is 5.11 Å². The van der Waals surface area contributed by atoms with Crippen molar-refractivity contribution in [3.05, 3.63) is 36.7 Å². The smallest absolute Gasteiger partial charge is 0.330 e. The molecule has 0 spiro atoms. The van der Waals surface area contributed by atoms with Gasteiger partial charge in [-0.2, -0.15) is 0 Å². The largest absolute Gasteiger partial charge is 0.478 e. The van der Waals surface area contributed by atoms with Crippen molar-refractivity contribution in [3.63, 3.8) is 0 Å². The first-order valence-corrected chi connectivity index (χ1v) is 6.58. The molecule has 4 nitrogen and oxygen atoms in total. The maximum absolute atomic E-state index is 11.0. The Morgan fingerprint density at radius 3 is 2.89 bits per heavy atom. The lowest BCUT2D eigenvalue weighted by atomic mass is 10.1. The molecule has 2 aromatic rings. The highest BCUT2D eigenvalue weighted by Crippen LogP contribution is 2.21. The maximum atomic E-state index is 11.0. The molecule has 0 fully saturated rings. The summed E-state index contributed by atoms with van der Waals surface area (Å²) in [6.07, 6.45) is 6.94. The van der Waals surface area contributed by atoms with Gasteiger partial charge in [-0.1, -0.05) is 31.9 Å². The quantitative estimate of drug-likeness (QED) is 0.637. The molecule has 1 N–H and O–H groups in total. The second-order valence-electron chi connectivity index (χ2n) is 4.53. The SMILES string of the molecule is CCCCC/C(=C/C(=O)O)n1cnc2ccccc21. The number of carboxylic acid groups (broad SMARTS) is 1. The summed E-state index contributed by atoms with van der Waals surface area (Å²) in [5.41, 5.74) is 2.62. The fourth-order valence-electron chi connectivity index (χ4n) is 2.15. The molecule has 0 saturated heterocycles. The molecule has 0 aliphatic heterocycles. The summed E-state index contributed by atoms with van der Waals surface area (Å²) >= 11 is 0. The van der Waals surface area contributed by atoms with E-state index >= 15 is 0 Å². The Hall–Kier alpha value is -2.10. The molecule has 0 bridgehead atoms. The Morgan fingerprint density at radius 2 is 2.16 bits per heavy atom. The summed E-state index contributed by atoms with van der Waals surface area (Å²) in [5, 5.41) is 9.00. The van der Waals surface area contributed by atoms with Crippen molar-refractivity contribution in [2.75, 3.05) is 0 Å². The third-order valence-electron chi connectivity index (χ3n) is 3.09. The summed E-state index contributed by atoms with van der Waals surface area (Å²) in [4.78, 5) is 15.3. The average Bonchev–Trinajstić information content (AvgIpc) is 2.81. The number of nitrogens with zero attached hydrogens (tertiary/aromatic N) is 2. The van der Waals surface area contributed by atoms with Crippen molar-refractivity contribution in [1.29, 1.82) is 0 Å². The summed E-state index contributed by atoms with van der Waals surface area (Å²) in [6, 6.07) is 7.75. The first kappa shape index (κ1) is 13.3. The van der Waals surface area contributed by atoms with Gasteiger partial charge in [0.05, 0.1) is 11.0 Å². The highest BCUT2D eigenvalue weighted by molar-refractivity contribution is 5.88. The van der Waals surface area contributed by atoms with Crippen molar-refractivity contribution < 1.29 is 9.90 Å². The molecule has 0 aliphatic carbocycles. The predicted octanol–water partition coefficient (Wildman–Crippen LogP) is 3.54. The monoisotopic (exact) mass is 258 g/mol. The molecular formula is C15H18N2O2. The van der Waals surface area contributed by atoms with Crippen LogP contribution in [0.15, 0.2) is 36.7 Å². The third kappa shape index (κ3) is 3.22. The van der Waals surface area contributed by atoms with Crippen LogP contribution in [0.25, 0.3) is 16.7 Å². The van der Waals surface area contributed by atoms with E-state index in [9.17, 15) is 4.79 Å². The minimum absolute atomic E-state index is 0.750. The van der Waals surface area contributed by atoms with Crippen LogP contribution < -0.4 is 0 Å². The van der Waals surface area contributed by atoms with Crippen LogP contribution in [0.5, 0.6) is 0 Å². The normalized spacial score (nSPS) is 11.9. The molecule has 0 unspecified atom stereocenters. The molecule has 2 rings (SSSR count). The molecule has 1 heterocycles. The molecule has 1 aromatic heterocycles. The van der Waals surface area contributed by atoms with E-state index in [1.54, 1.807) is 6.33 Å². The Bertz CT molecular complexity index is 599. The molecular weight excluding hydrogens is 240 g/mol. The van der Waals surface area contributed by atoms with E-state index in [-0.39, 0.29) is 0 Å². The van der Waals surface area contributed by atoms with Crippen molar-refractivity contribution in [3.8, 4) is 0 Å². The number of rotatable bonds is 6. The van der Waals surface area contributed by atoms with Crippen molar-refractivity contribution in [2.45, 2.75) is 32.6 Å². The first-order chi connectivity index (χ1) is 9.22. The fraction of sp³-hybridized carbons (Fsp3) is 0.333. The summed E-state index contributed by atoms with van der Waals surface area (Å²) in [7, 11) is 0. The number of unbranched alkanes of at least 4 members (excludes halogenated alkanes) is 2. The van der Waals surface area contributed by atoms with E-state index in [0.717, 1.165) is 42.4 Å². The Balaban J connectivity index is 2.34. The second-order valence-corrected chi connectivity index (χ2v) is 4.53. The van der Waals surface area contributed by atoms with Gasteiger partial charge in [-0.3, -0.25) is 0 Å². The highest BCUT2D eigenvalue weighted by Gasteiger charge is 2.08. The number of para-hydroxylation sites is 2. The molecule has 0 radical (unpaired) electrons. The van der Waals surface area contributed by atoms with E-state index in [1.807, 2.05) is 28.8 Å². The highest BCUT2D eigenvalue weighted by atomic mass is 16.4. The summed E-state index contributed by atoms with van der Waals surface area (Å²) in [6.45, 7) is 2.13. The number of fused-ring (bicyclic) bond motifs is 1. The predicted molar refractivity (Wildman–Crippen MR) is 75.8 cm³/mol. The molecule has 0 amide bonds. The van der Waals surface area contributed by atoms with Crippen LogP contribution in [-0.2, 0) is 4.79 Å². The number of imidazole rings is 1. The average molecular weight is 258 g/mol. The Kier molecular flexibility index (Phi) is 4.34. The van der Waals surface area contributed by atoms with Gasteiger partial charge < -0.3 is 9.67 Å². The minimum Gasteiger partial charge on any atom is -0.478 e. The van der Waals surface area contributed by atoms with Gasteiger partial charge >= 0.3 is 5.97 Å². The molecule has 1 aromatic carbocycles. The number of hydrogen-bond donors (Lipinski definition) is 1. The molecule has 4 heteroatoms. The standard InChI is InChI=1S/C15H18N2O2/c1-2-3-4-7-12(10-15(18)19)17-11-16-13-8-5-6-9-14(13)17/h5-6,8-11H,2-4,7H2,1H3,(H,18,19)/b12-10-. The number of allylic oxidation sites excluding steroid dienone is 1. The number of carbonyl (C=O) groups is 1. The molecule has 0 saturated carbocycles. The van der Waals surface area contributed by atoms with Gasteiger partial charge in [0.15, 0.2) is 0 Å². The zero-order chi connectivity index (χ0) is 13.7. The van der Waals surface area contributed by atoms with Crippen molar-refractivity contribution >= 4 is 22.7 Å². The van der Waals surface area contributed by atoms with E-state index in [2.05, 4.69) is 11.9 Å². The fourth-order valence-corrected chi connectivity index (χ4v) is 2.15. The van der Waals surface area contributed by atoms with Gasteiger partial charge in [0.2, 0.25) is 0 Å². The molecule has 0 atom stereocenters. The van der Waals surface area contributed by atoms with E-state index in [1.165, 1.54) is 6.08 Å². The topological polar surface area (TPSA) is 55.1 Å². The van der Waals surface area contributed by atoms with Gasteiger partial charge in [0, 0.05) is 11.8 Å². The van der Waals surface area contributed by atoms with Crippen molar-refractivity contribution in [2.24, 2.45) is 0 Å². The molecule has 19 heavy (non-hydrogen) atoms. The number of hydrogen-bond acceptors (Lipinski definition) is 2. The van der Waals surface area contributed by atoms with Gasteiger partial charge in [0.25, 0.3) is 0 Å². The van der Waals surface area contributed by atoms with Crippen LogP contribution in [-0.4, -0.2) is 20.6 Å². The van der Waals surface area contributed by atoms with E-state index < -0.39 is 5.97 Å². The summed E-state index contributed by atoms with van der Waals surface area (Å²) < 4.78 is 1.87. The van der Waals surface area contributed by atoms with Crippen molar-refractivity contribution in [1.82, 2.24) is 9.55 Å². The van der Waals surface area contributed by atoms with Gasteiger partial charge in [-0.05, 0) is 25.0 Å². The lowest BCUT2D eigenvalue weighted by molar-refractivity contribution is -0.131. The van der Waals surface area contributed by atoms with Crippen LogP contribution in [0.4, 0.5) is 0 Å². The Labute approximate surface area is 112 Å². The first-order valence-electron chi connectivity index (χ1n) is 6.58. The van der Waals surface area contributed by atoms with Crippen LogP contribution in [0.3, 0.4) is 0 Å². The van der Waals surface area contributed by atoms with Crippen LogP contribution >= 0.6 is 0 Å². The molecule has 0 aliphatic rings. The lowest BCUT2D eigenvalue weighted by Gasteiger charge is -2.09. The van der Waals surface area contributed by atoms with Gasteiger partial charge in [-0.15, -0.1) is 0 Å². The second kappa shape index (κ2) is 6.18. The van der Waals surface area contributed by atoms with Crippen LogP contribution in [0, 0.1) is 0 Å². The number of benzene rings is 1. The Morgan fingerprint density at radius 1 is 1.37 bits per heavy atom. The number of aromatic nitrogens is 2. The zero-order valence-electron chi connectivity index (χ0n) is 11.0. The summed E-state index contributed by atoms with van der Waals surface area (Å²) in [5.74, 6) is -0.913. The third-order valence-corrected chi connectivity index (χ3v) is 3.09. The van der Waals surface area contributed by atoms with Gasteiger partial charge in [0.1, 0.15) is 6.33 Å². The minimum atomic E-state index is -0.913. The van der Waals surface area contributed by atoms with E-state index in [0.29, 0.717) is 0 Å². The van der Waals surface area contributed by atoms with Crippen LogP contribution in [0.2, 0.25) is 0 Å². The lowest BCUT2D eigenvalue weighted by Crippen LogP contribution is -2.00. The number of aliphatic carboxylic acids is 1. The maximum Gasteiger partial charge on any atom is 0.330 e. The zero-order valence-corrected chi connectivity index (χ0v) is 11.0. The van der Waals surface area contributed by atoms with Gasteiger partial charge in [-0.25, -0.2) is 9.78 Å². The number of carboxylic acids is 1. The molecule has 100 valence electrons.